The van der Waals surface area contributed by atoms with Crippen LogP contribution in [-0.4, -0.2) is 69.3 Å². The number of nitrogens with one attached hydrogen (secondary N) is 1. The number of aliphatic imine (C=N–C) groups is 1. The number of carbonyl (C=O) groups is 2. The topological polar surface area (TPSA) is 122 Å². The molecule has 8 heteroatoms. The lowest BCUT2D eigenvalue weighted by Gasteiger charge is -2.44. The maximum absolute atomic E-state index is 12.1. The quantitative estimate of drug-likeness (QED) is 0.468. The Hall–Kier alpha value is -1.93. The number of carboxylic acid groups (broad SMARTS) is 1. The molecule has 0 spiro atoms. The van der Waals surface area contributed by atoms with Gasteiger partial charge in [-0.05, 0) is 25.3 Å². The summed E-state index contributed by atoms with van der Waals surface area (Å²) in [6.07, 6.45) is 0.115. The van der Waals surface area contributed by atoms with Crippen LogP contribution in [0.3, 0.4) is 0 Å². The maximum Gasteiger partial charge on any atom is 0.352 e. The van der Waals surface area contributed by atoms with E-state index in [1.54, 1.807) is 6.92 Å². The highest BCUT2D eigenvalue weighted by Crippen LogP contribution is 2.45. The first kappa shape index (κ1) is 15.0. The largest absolute Gasteiger partial charge is 0.477 e. The molecule has 0 saturated carbocycles. The summed E-state index contributed by atoms with van der Waals surface area (Å²) in [7, 11) is 0. The Labute approximate surface area is 127 Å². The van der Waals surface area contributed by atoms with Gasteiger partial charge in [-0.1, -0.05) is 0 Å². The highest BCUT2D eigenvalue weighted by atomic mass is 16.4. The van der Waals surface area contributed by atoms with Crippen molar-refractivity contribution in [2.75, 3.05) is 13.2 Å². The Morgan fingerprint density at radius 3 is 2.82 bits per heavy atom. The van der Waals surface area contributed by atoms with Crippen LogP contribution >= 0.6 is 0 Å². The first-order valence-electron chi connectivity index (χ1n) is 7.32. The molecule has 0 aliphatic carbocycles. The third-order valence-electron chi connectivity index (χ3n) is 4.53. The number of β-lactam (4-membered cyclic amide) rings is 1. The van der Waals surface area contributed by atoms with Crippen molar-refractivity contribution in [2.45, 2.75) is 38.0 Å². The number of hydrogen-bond acceptors (Lipinski definition) is 6. The van der Waals surface area contributed by atoms with E-state index < -0.39 is 18.0 Å². The SMILES string of the molecule is C[C@@H](O)[C@H]1C(=O)N2C(C(=O)O)=C(C[C@@H]3CNC(CO)=N3)C[C@H]12. The molecule has 0 aromatic heterocycles. The lowest BCUT2D eigenvalue weighted by atomic mass is 9.82. The van der Waals surface area contributed by atoms with E-state index in [9.17, 15) is 19.8 Å². The van der Waals surface area contributed by atoms with Crippen LogP contribution in [0.2, 0.25) is 0 Å². The van der Waals surface area contributed by atoms with Crippen molar-refractivity contribution in [3.63, 3.8) is 0 Å². The minimum atomic E-state index is -1.12. The van der Waals surface area contributed by atoms with Crippen molar-refractivity contribution in [2.24, 2.45) is 10.9 Å². The van der Waals surface area contributed by atoms with E-state index in [0.717, 1.165) is 0 Å². The molecule has 0 unspecified atom stereocenters. The molecule has 22 heavy (non-hydrogen) atoms. The predicted octanol–water partition coefficient (Wildman–Crippen LogP) is -1.31. The molecule has 3 aliphatic rings. The number of rotatable bonds is 5. The number of hydrogen-bond donors (Lipinski definition) is 4. The summed E-state index contributed by atoms with van der Waals surface area (Å²) in [6, 6.07) is -0.394. The summed E-state index contributed by atoms with van der Waals surface area (Å²) in [6.45, 7) is 1.93. The van der Waals surface area contributed by atoms with Crippen molar-refractivity contribution in [3.8, 4) is 0 Å². The van der Waals surface area contributed by atoms with Gasteiger partial charge in [-0.15, -0.1) is 0 Å². The molecule has 3 rings (SSSR count). The third kappa shape index (κ3) is 2.19. The average Bonchev–Trinajstić information content (AvgIpc) is 3.01. The molecule has 8 nitrogen and oxygen atoms in total. The number of amides is 1. The molecule has 3 heterocycles. The normalized spacial score (nSPS) is 31.6. The summed E-state index contributed by atoms with van der Waals surface area (Å²) in [5.41, 5.74) is 0.725. The molecule has 4 atom stereocenters. The second kappa shape index (κ2) is 5.36. The number of fused-ring (bicyclic) bond motifs is 1. The zero-order valence-corrected chi connectivity index (χ0v) is 12.2. The van der Waals surface area contributed by atoms with Crippen molar-refractivity contribution >= 4 is 17.7 Å². The molecule has 120 valence electrons. The first-order valence-corrected chi connectivity index (χ1v) is 7.32. The number of carboxylic acids is 1. The number of aliphatic carboxylic acids is 1. The number of nitrogens with zero attached hydrogens (tertiary/aromatic N) is 2. The van der Waals surface area contributed by atoms with Crippen LogP contribution in [0.5, 0.6) is 0 Å². The highest BCUT2D eigenvalue weighted by Gasteiger charge is 2.56. The van der Waals surface area contributed by atoms with Gasteiger partial charge in [0.05, 0.1) is 24.1 Å². The first-order chi connectivity index (χ1) is 10.4. The van der Waals surface area contributed by atoms with Crippen molar-refractivity contribution < 1.29 is 24.9 Å². The molecule has 1 saturated heterocycles. The van der Waals surface area contributed by atoms with Gasteiger partial charge in [-0.2, -0.15) is 0 Å². The zero-order chi connectivity index (χ0) is 16.0. The van der Waals surface area contributed by atoms with Crippen LogP contribution in [0.15, 0.2) is 16.3 Å². The van der Waals surface area contributed by atoms with Crippen LogP contribution < -0.4 is 5.32 Å². The van der Waals surface area contributed by atoms with E-state index in [1.165, 1.54) is 4.90 Å². The van der Waals surface area contributed by atoms with Gasteiger partial charge in [0, 0.05) is 6.54 Å². The number of amidine groups is 1. The Balaban J connectivity index is 1.80. The molecule has 0 radical (unpaired) electrons. The minimum Gasteiger partial charge on any atom is -0.477 e. The lowest BCUT2D eigenvalue weighted by molar-refractivity contribution is -0.161. The van der Waals surface area contributed by atoms with Crippen molar-refractivity contribution in [1.29, 1.82) is 0 Å². The molecular weight excluding hydrogens is 290 g/mol. The molecule has 1 fully saturated rings. The molecule has 1 amide bonds. The molecule has 0 aromatic carbocycles. The van der Waals surface area contributed by atoms with Crippen LogP contribution in [-0.2, 0) is 9.59 Å². The van der Waals surface area contributed by atoms with Gasteiger partial charge in [0.1, 0.15) is 18.1 Å². The number of carbonyl (C=O) groups excluding carboxylic acids is 1. The average molecular weight is 309 g/mol. The molecule has 0 bridgehead atoms. The van der Waals surface area contributed by atoms with Gasteiger partial charge in [-0.3, -0.25) is 9.79 Å². The number of aliphatic hydroxyl groups is 2. The number of aliphatic hydroxyl groups excluding tert-OH is 2. The zero-order valence-electron chi connectivity index (χ0n) is 12.2. The monoisotopic (exact) mass is 309 g/mol. The second-order valence-corrected chi connectivity index (χ2v) is 5.98. The van der Waals surface area contributed by atoms with Gasteiger partial charge in [0.15, 0.2) is 0 Å². The third-order valence-corrected chi connectivity index (χ3v) is 4.53. The molecular formula is C14H19N3O5. The maximum atomic E-state index is 12.1. The van der Waals surface area contributed by atoms with Crippen molar-refractivity contribution in [1.82, 2.24) is 10.2 Å². The van der Waals surface area contributed by atoms with E-state index in [4.69, 9.17) is 5.11 Å². The van der Waals surface area contributed by atoms with E-state index in [2.05, 4.69) is 10.3 Å². The Kier molecular flexibility index (Phi) is 3.65. The van der Waals surface area contributed by atoms with E-state index in [1.807, 2.05) is 0 Å². The van der Waals surface area contributed by atoms with Crippen LogP contribution in [0.1, 0.15) is 19.8 Å². The fourth-order valence-electron chi connectivity index (χ4n) is 3.59. The summed E-state index contributed by atoms with van der Waals surface area (Å²) in [4.78, 5) is 29.2. The van der Waals surface area contributed by atoms with Crippen molar-refractivity contribution in [3.05, 3.63) is 11.3 Å². The lowest BCUT2D eigenvalue weighted by Crippen LogP contribution is -2.61. The fourth-order valence-corrected chi connectivity index (χ4v) is 3.59. The Bertz CT molecular complexity index is 583. The van der Waals surface area contributed by atoms with E-state index >= 15 is 0 Å². The Morgan fingerprint density at radius 1 is 1.55 bits per heavy atom. The smallest absolute Gasteiger partial charge is 0.352 e. The van der Waals surface area contributed by atoms with Gasteiger partial charge in [-0.25, -0.2) is 4.79 Å². The van der Waals surface area contributed by atoms with Crippen LogP contribution in [0.25, 0.3) is 0 Å². The van der Waals surface area contributed by atoms with E-state index in [0.29, 0.717) is 30.8 Å². The standard InChI is InChI=1S/C14H19N3O5/c1-6(19)11-9-3-7(2-8-4-15-10(5-18)16-8)12(14(21)22)17(9)13(11)20/h6,8-9,11,18-19H,2-5H2,1H3,(H,15,16)(H,21,22)/t6-,8-,9-,11-/m1/s1. The van der Waals surface area contributed by atoms with Gasteiger partial charge in [0.2, 0.25) is 5.91 Å². The second-order valence-electron chi connectivity index (χ2n) is 5.98. The van der Waals surface area contributed by atoms with Crippen LogP contribution in [0, 0.1) is 5.92 Å². The molecule has 4 N–H and O–H groups in total. The van der Waals surface area contributed by atoms with E-state index in [-0.39, 0.29) is 30.3 Å². The van der Waals surface area contributed by atoms with Crippen LogP contribution in [0.4, 0.5) is 0 Å². The fraction of sp³-hybridized carbons (Fsp3) is 0.643. The molecule has 3 aliphatic heterocycles. The Morgan fingerprint density at radius 2 is 2.27 bits per heavy atom. The summed E-state index contributed by atoms with van der Waals surface area (Å²) in [5.74, 6) is -1.46. The van der Waals surface area contributed by atoms with Gasteiger partial charge in [0.25, 0.3) is 0 Å². The van der Waals surface area contributed by atoms with Gasteiger partial charge >= 0.3 is 5.97 Å². The molecule has 0 aromatic rings. The van der Waals surface area contributed by atoms with Gasteiger partial charge < -0.3 is 25.5 Å². The highest BCUT2D eigenvalue weighted by molar-refractivity contribution is 5.99. The summed E-state index contributed by atoms with van der Waals surface area (Å²) >= 11 is 0. The minimum absolute atomic E-state index is 0.0412. The predicted molar refractivity (Wildman–Crippen MR) is 76.0 cm³/mol. The summed E-state index contributed by atoms with van der Waals surface area (Å²) < 4.78 is 0. The summed E-state index contributed by atoms with van der Waals surface area (Å²) in [5, 5.41) is 31.1.